The van der Waals surface area contributed by atoms with Gasteiger partial charge in [-0.2, -0.15) is 4.94 Å². The zero-order valence-corrected chi connectivity index (χ0v) is 22.9. The van der Waals surface area contributed by atoms with E-state index in [9.17, 15) is 0 Å². The highest BCUT2D eigenvalue weighted by atomic mass is 16.8. The summed E-state index contributed by atoms with van der Waals surface area (Å²) in [6, 6.07) is 27.9. The molecule has 0 atom stereocenters. The number of hydrogen-bond donors (Lipinski definition) is 4. The predicted molar refractivity (Wildman–Crippen MR) is 164 cm³/mol. The van der Waals surface area contributed by atoms with Gasteiger partial charge in [-0.05, 0) is 79.9 Å². The maximum atomic E-state index is 5.69. The summed E-state index contributed by atoms with van der Waals surface area (Å²) in [4.78, 5) is 19.7. The van der Waals surface area contributed by atoms with Gasteiger partial charge in [0.05, 0.1) is 16.7 Å². The molecule has 0 bridgehead atoms. The lowest BCUT2D eigenvalue weighted by molar-refractivity contribution is 0.263. The van der Waals surface area contributed by atoms with Crippen molar-refractivity contribution in [3.05, 3.63) is 114 Å². The number of nitrogens with one attached hydrogen (secondary N) is 4. The molecule has 40 heavy (non-hydrogen) atoms. The Kier molecular flexibility index (Phi) is 8.48. The van der Waals surface area contributed by atoms with Crippen LogP contribution in [0.2, 0.25) is 0 Å². The number of para-hydroxylation sites is 2. The van der Waals surface area contributed by atoms with Crippen LogP contribution in [0.4, 0.5) is 28.7 Å². The van der Waals surface area contributed by atoms with Crippen molar-refractivity contribution in [3.63, 3.8) is 0 Å². The van der Waals surface area contributed by atoms with E-state index in [0.717, 1.165) is 57.9 Å². The van der Waals surface area contributed by atoms with Crippen LogP contribution in [0.3, 0.4) is 0 Å². The summed E-state index contributed by atoms with van der Waals surface area (Å²) in [5.74, 6) is 1.02. The first-order valence-corrected chi connectivity index (χ1v) is 13.4. The molecule has 0 unspecified atom stereocenters. The molecule has 0 aliphatic carbocycles. The van der Waals surface area contributed by atoms with E-state index in [1.807, 2.05) is 73.7 Å². The van der Waals surface area contributed by atoms with Gasteiger partial charge in [0.15, 0.2) is 11.6 Å². The minimum absolute atomic E-state index is 0.461. The smallest absolute Gasteiger partial charge is 0.196 e. The largest absolute Gasteiger partial charge is 0.355 e. The van der Waals surface area contributed by atoms with Gasteiger partial charge in [-0.25, -0.2) is 20.9 Å². The number of aryl methyl sites for hydroxylation is 2. The third kappa shape index (κ3) is 6.54. The summed E-state index contributed by atoms with van der Waals surface area (Å²) < 4.78 is 0. The van der Waals surface area contributed by atoms with Gasteiger partial charge >= 0.3 is 0 Å². The molecule has 202 valence electrons. The minimum atomic E-state index is 0.461. The summed E-state index contributed by atoms with van der Waals surface area (Å²) in [6.45, 7) is 6.26. The molecule has 3 aromatic carbocycles. The molecule has 0 amide bonds. The van der Waals surface area contributed by atoms with Gasteiger partial charge in [-0.15, -0.1) is 0 Å². The van der Waals surface area contributed by atoms with Crippen LogP contribution in [0.15, 0.2) is 97.2 Å². The average molecular weight is 532 g/mol. The second-order valence-corrected chi connectivity index (χ2v) is 9.26. The molecule has 0 saturated carbocycles. The molecule has 0 spiro atoms. The van der Waals surface area contributed by atoms with Gasteiger partial charge in [0.2, 0.25) is 0 Å². The van der Waals surface area contributed by atoms with Gasteiger partial charge < -0.3 is 10.6 Å². The Hall–Kier alpha value is -4.95. The lowest BCUT2D eigenvalue weighted by atomic mass is 10.1. The molecular formula is C32H33N7O. The average Bonchev–Trinajstić information content (AvgIpc) is 2.98. The fourth-order valence-electron chi connectivity index (χ4n) is 4.31. The third-order valence-electron chi connectivity index (χ3n) is 6.33. The Morgan fingerprint density at radius 2 is 1.52 bits per heavy atom. The number of fused-ring (bicyclic) bond motifs is 1. The van der Waals surface area contributed by atoms with E-state index in [1.165, 1.54) is 5.56 Å². The molecule has 8 nitrogen and oxygen atoms in total. The molecule has 0 radical (unpaired) electrons. The first-order chi connectivity index (χ1) is 19.6. The van der Waals surface area contributed by atoms with Crippen LogP contribution < -0.4 is 21.6 Å². The van der Waals surface area contributed by atoms with Crippen molar-refractivity contribution < 1.29 is 4.94 Å². The fourth-order valence-corrected chi connectivity index (χ4v) is 4.31. The lowest BCUT2D eigenvalue weighted by Crippen LogP contribution is -2.12. The molecule has 0 saturated heterocycles. The highest BCUT2D eigenvalue weighted by molar-refractivity contribution is 5.82. The number of allylic oxidation sites excluding steroid dienone is 1. The van der Waals surface area contributed by atoms with E-state index in [2.05, 4.69) is 64.7 Å². The lowest BCUT2D eigenvalue weighted by Gasteiger charge is -2.16. The number of hydrogen-bond acceptors (Lipinski definition) is 8. The summed E-state index contributed by atoms with van der Waals surface area (Å²) in [6.07, 6.45) is 5.81. The predicted octanol–water partition coefficient (Wildman–Crippen LogP) is 7.87. The van der Waals surface area contributed by atoms with Crippen molar-refractivity contribution >= 4 is 45.4 Å². The SMILES string of the molecule is CC/C=C(\Nc1cccc(NONc2nc3ccccc3nc2Nc2cccc(CC)c2)c1)c1cccnc1C. The highest BCUT2D eigenvalue weighted by Crippen LogP contribution is 2.27. The molecule has 0 aliphatic heterocycles. The zero-order valence-electron chi connectivity index (χ0n) is 22.9. The van der Waals surface area contributed by atoms with Crippen molar-refractivity contribution in [3.8, 4) is 0 Å². The maximum Gasteiger partial charge on any atom is 0.196 e. The minimum Gasteiger partial charge on any atom is -0.355 e. The Labute approximate surface area is 234 Å². The van der Waals surface area contributed by atoms with Crippen LogP contribution in [0.5, 0.6) is 0 Å². The first-order valence-electron chi connectivity index (χ1n) is 13.4. The van der Waals surface area contributed by atoms with Crippen molar-refractivity contribution in [1.29, 1.82) is 0 Å². The van der Waals surface area contributed by atoms with E-state index < -0.39 is 0 Å². The molecule has 0 fully saturated rings. The molecule has 0 aliphatic rings. The highest BCUT2D eigenvalue weighted by Gasteiger charge is 2.11. The quantitative estimate of drug-likeness (QED) is 0.128. The number of pyridine rings is 1. The number of benzene rings is 3. The van der Waals surface area contributed by atoms with Gasteiger partial charge in [0.25, 0.3) is 0 Å². The topological polar surface area (TPSA) is 96.0 Å². The number of rotatable bonds is 11. The Morgan fingerprint density at radius 1 is 0.775 bits per heavy atom. The van der Waals surface area contributed by atoms with Crippen LogP contribution in [-0.2, 0) is 11.4 Å². The molecule has 4 N–H and O–H groups in total. The van der Waals surface area contributed by atoms with Gasteiger partial charge in [0, 0.05) is 34.5 Å². The molecular weight excluding hydrogens is 498 g/mol. The molecule has 2 aromatic heterocycles. The third-order valence-corrected chi connectivity index (χ3v) is 6.33. The summed E-state index contributed by atoms with van der Waals surface area (Å²) in [7, 11) is 0. The van der Waals surface area contributed by atoms with Crippen LogP contribution in [0.1, 0.15) is 37.1 Å². The van der Waals surface area contributed by atoms with Crippen LogP contribution in [0.25, 0.3) is 16.7 Å². The summed E-state index contributed by atoms with van der Waals surface area (Å²) in [5, 5.41) is 6.91. The van der Waals surface area contributed by atoms with Crippen molar-refractivity contribution in [1.82, 2.24) is 15.0 Å². The molecule has 5 aromatic rings. The standard InChI is InChI=1S/C32H33N7O/c1-4-11-28(27-16-10-19-33-22(27)3)34-25-14-9-15-26(21-25)38-40-39-32-31(35-24-13-8-12-23(5-2)20-24)36-29-17-6-7-18-30(29)37-32/h6-21,34,38H,4-5H2,1-3H3,(H,35,36)(H,37,39)/b28-11-. The van der Waals surface area contributed by atoms with Crippen molar-refractivity contribution in [2.24, 2.45) is 0 Å². The molecule has 5 rings (SSSR count). The number of aromatic nitrogens is 3. The van der Waals surface area contributed by atoms with Crippen LogP contribution in [-0.4, -0.2) is 15.0 Å². The van der Waals surface area contributed by atoms with E-state index in [1.54, 1.807) is 6.20 Å². The zero-order chi connectivity index (χ0) is 27.7. The van der Waals surface area contributed by atoms with E-state index in [-0.39, 0.29) is 0 Å². The summed E-state index contributed by atoms with van der Waals surface area (Å²) >= 11 is 0. The number of nitrogens with zero attached hydrogens (tertiary/aromatic N) is 3. The normalized spacial score (nSPS) is 11.3. The van der Waals surface area contributed by atoms with Crippen molar-refractivity contribution in [2.45, 2.75) is 33.6 Å². The van der Waals surface area contributed by atoms with Gasteiger partial charge in [-0.3, -0.25) is 4.98 Å². The first kappa shape index (κ1) is 26.6. The van der Waals surface area contributed by atoms with E-state index in [4.69, 9.17) is 14.9 Å². The van der Waals surface area contributed by atoms with E-state index in [0.29, 0.717) is 11.6 Å². The Morgan fingerprint density at radius 3 is 2.30 bits per heavy atom. The Bertz CT molecular complexity index is 1630. The molecule has 2 heterocycles. The second kappa shape index (κ2) is 12.7. The molecule has 8 heteroatoms. The van der Waals surface area contributed by atoms with Gasteiger partial charge in [-0.1, -0.05) is 50.3 Å². The van der Waals surface area contributed by atoms with Gasteiger partial charge in [0.1, 0.15) is 0 Å². The van der Waals surface area contributed by atoms with Crippen molar-refractivity contribution in [2.75, 3.05) is 21.6 Å². The summed E-state index contributed by atoms with van der Waals surface area (Å²) in [5.41, 5.74) is 14.3. The van der Waals surface area contributed by atoms with E-state index >= 15 is 0 Å². The number of anilines is 5. The second-order valence-electron chi connectivity index (χ2n) is 9.26. The van der Waals surface area contributed by atoms with Crippen LogP contribution >= 0.6 is 0 Å². The fraction of sp³-hybridized carbons (Fsp3) is 0.156. The monoisotopic (exact) mass is 531 g/mol. The Balaban J connectivity index is 1.31. The maximum absolute atomic E-state index is 5.69. The van der Waals surface area contributed by atoms with Crippen LogP contribution in [0, 0.1) is 6.92 Å².